The smallest absolute Gasteiger partial charge is 0.134 e. The molecule has 3 N–H and O–H groups in total. The molecule has 0 bridgehead atoms. The van der Waals surface area contributed by atoms with Crippen LogP contribution >= 0.6 is 0 Å². The summed E-state index contributed by atoms with van der Waals surface area (Å²) in [5.41, 5.74) is 6.79. The van der Waals surface area contributed by atoms with E-state index in [1.807, 2.05) is 13.8 Å². The molecular formula is C11H18N4. The van der Waals surface area contributed by atoms with E-state index in [9.17, 15) is 0 Å². The molecule has 0 aromatic carbocycles. The molecule has 4 nitrogen and oxygen atoms in total. The number of aryl methyl sites for hydroxylation is 1. The molecule has 1 heterocycles. The van der Waals surface area contributed by atoms with Crippen molar-refractivity contribution in [3.8, 4) is 0 Å². The Morgan fingerprint density at radius 3 is 2.73 bits per heavy atom. The molecule has 0 saturated heterocycles. The molecule has 1 aromatic rings. The molecule has 0 amide bonds. The summed E-state index contributed by atoms with van der Waals surface area (Å²) in [6, 6.07) is 0. The van der Waals surface area contributed by atoms with Crippen LogP contribution in [0.1, 0.15) is 31.2 Å². The van der Waals surface area contributed by atoms with E-state index in [1.54, 1.807) is 0 Å². The lowest BCUT2D eigenvalue weighted by Crippen LogP contribution is -2.11. The van der Waals surface area contributed by atoms with Gasteiger partial charge in [0.15, 0.2) is 0 Å². The zero-order valence-electron chi connectivity index (χ0n) is 9.38. The van der Waals surface area contributed by atoms with Crippen molar-refractivity contribution in [3.05, 3.63) is 11.4 Å². The standard InChI is InChI=1S/C11H18N4/c1-3-9-14-10(12)7(2)11(15-9)13-6-8-4-5-8/h8H,3-6H2,1-2H3,(H3,12,13,14,15). The number of nitrogens with two attached hydrogens (primary N) is 1. The van der Waals surface area contributed by atoms with E-state index < -0.39 is 0 Å². The number of hydrogen-bond acceptors (Lipinski definition) is 4. The molecule has 2 rings (SSSR count). The van der Waals surface area contributed by atoms with Crippen LogP contribution in [0.2, 0.25) is 0 Å². The summed E-state index contributed by atoms with van der Waals surface area (Å²) in [5.74, 6) is 3.16. The minimum Gasteiger partial charge on any atom is -0.383 e. The molecule has 82 valence electrons. The second kappa shape index (κ2) is 4.04. The van der Waals surface area contributed by atoms with Gasteiger partial charge in [0.25, 0.3) is 0 Å². The van der Waals surface area contributed by atoms with Crippen molar-refractivity contribution in [2.75, 3.05) is 17.6 Å². The lowest BCUT2D eigenvalue weighted by atomic mass is 10.3. The highest BCUT2D eigenvalue weighted by atomic mass is 15.1. The third-order valence-electron chi connectivity index (χ3n) is 2.80. The Bertz CT molecular complexity index is 358. The van der Waals surface area contributed by atoms with Crippen LogP contribution in [0.15, 0.2) is 0 Å². The van der Waals surface area contributed by atoms with Crippen molar-refractivity contribution >= 4 is 11.6 Å². The van der Waals surface area contributed by atoms with E-state index in [0.717, 1.165) is 36.1 Å². The summed E-state index contributed by atoms with van der Waals surface area (Å²) in [4.78, 5) is 8.67. The molecule has 1 fully saturated rings. The second-order valence-electron chi connectivity index (χ2n) is 4.18. The molecule has 15 heavy (non-hydrogen) atoms. The van der Waals surface area contributed by atoms with Crippen molar-refractivity contribution < 1.29 is 0 Å². The largest absolute Gasteiger partial charge is 0.383 e. The van der Waals surface area contributed by atoms with Gasteiger partial charge in [0.1, 0.15) is 17.5 Å². The van der Waals surface area contributed by atoms with E-state index in [1.165, 1.54) is 12.8 Å². The molecule has 1 saturated carbocycles. The van der Waals surface area contributed by atoms with Gasteiger partial charge in [-0.15, -0.1) is 0 Å². The van der Waals surface area contributed by atoms with Crippen LogP contribution in [0.4, 0.5) is 11.6 Å². The quantitative estimate of drug-likeness (QED) is 0.787. The zero-order chi connectivity index (χ0) is 10.8. The van der Waals surface area contributed by atoms with Crippen molar-refractivity contribution in [1.29, 1.82) is 0 Å². The van der Waals surface area contributed by atoms with Gasteiger partial charge in [0, 0.05) is 18.5 Å². The van der Waals surface area contributed by atoms with Gasteiger partial charge in [-0.25, -0.2) is 9.97 Å². The Morgan fingerprint density at radius 1 is 1.40 bits per heavy atom. The highest BCUT2D eigenvalue weighted by molar-refractivity contribution is 5.54. The number of aromatic nitrogens is 2. The Labute approximate surface area is 90.3 Å². The predicted molar refractivity (Wildman–Crippen MR) is 61.8 cm³/mol. The maximum Gasteiger partial charge on any atom is 0.134 e. The molecule has 0 unspecified atom stereocenters. The summed E-state index contributed by atoms with van der Waals surface area (Å²) in [7, 11) is 0. The van der Waals surface area contributed by atoms with Crippen LogP contribution in [-0.4, -0.2) is 16.5 Å². The van der Waals surface area contributed by atoms with Crippen LogP contribution in [-0.2, 0) is 6.42 Å². The number of rotatable bonds is 4. The van der Waals surface area contributed by atoms with Crippen molar-refractivity contribution in [2.24, 2.45) is 5.92 Å². The number of nitrogens with zero attached hydrogens (tertiary/aromatic N) is 2. The first-order valence-electron chi connectivity index (χ1n) is 5.57. The SMILES string of the molecule is CCc1nc(N)c(C)c(NCC2CC2)n1. The fourth-order valence-corrected chi connectivity index (χ4v) is 1.48. The van der Waals surface area contributed by atoms with Gasteiger partial charge in [0.05, 0.1) is 0 Å². The Kier molecular flexibility index (Phi) is 2.75. The number of nitrogens with one attached hydrogen (secondary N) is 1. The Hall–Kier alpha value is -1.32. The second-order valence-corrected chi connectivity index (χ2v) is 4.18. The van der Waals surface area contributed by atoms with Crippen LogP contribution in [0.5, 0.6) is 0 Å². The first-order chi connectivity index (χ1) is 7.20. The molecule has 4 heteroatoms. The first-order valence-corrected chi connectivity index (χ1v) is 5.57. The molecule has 0 aliphatic heterocycles. The summed E-state index contributed by atoms with van der Waals surface area (Å²) in [6.07, 6.45) is 3.50. The first kappa shape index (κ1) is 10.2. The number of anilines is 2. The third-order valence-corrected chi connectivity index (χ3v) is 2.80. The monoisotopic (exact) mass is 206 g/mol. The Morgan fingerprint density at radius 2 is 2.13 bits per heavy atom. The molecule has 1 aliphatic carbocycles. The summed E-state index contributed by atoms with van der Waals surface area (Å²) in [6.45, 7) is 5.01. The highest BCUT2D eigenvalue weighted by Crippen LogP contribution is 2.29. The van der Waals surface area contributed by atoms with Gasteiger partial charge < -0.3 is 11.1 Å². The lowest BCUT2D eigenvalue weighted by molar-refractivity contribution is 0.866. The predicted octanol–water partition coefficient (Wildman–Crippen LogP) is 1.75. The average Bonchev–Trinajstić information content (AvgIpc) is 3.03. The van der Waals surface area contributed by atoms with E-state index in [-0.39, 0.29) is 0 Å². The topological polar surface area (TPSA) is 63.8 Å². The zero-order valence-corrected chi connectivity index (χ0v) is 9.38. The molecule has 1 aromatic heterocycles. The van der Waals surface area contributed by atoms with Crippen molar-refractivity contribution in [2.45, 2.75) is 33.1 Å². The van der Waals surface area contributed by atoms with Crippen LogP contribution in [0.3, 0.4) is 0 Å². The van der Waals surface area contributed by atoms with Gasteiger partial charge in [-0.3, -0.25) is 0 Å². The highest BCUT2D eigenvalue weighted by Gasteiger charge is 2.21. The fraction of sp³-hybridized carbons (Fsp3) is 0.636. The van der Waals surface area contributed by atoms with Crippen molar-refractivity contribution in [3.63, 3.8) is 0 Å². The molecule has 0 spiro atoms. The van der Waals surface area contributed by atoms with Gasteiger partial charge in [-0.2, -0.15) is 0 Å². The van der Waals surface area contributed by atoms with E-state index in [0.29, 0.717) is 5.82 Å². The minimum absolute atomic E-state index is 0.597. The number of hydrogen-bond donors (Lipinski definition) is 2. The average molecular weight is 206 g/mol. The van der Waals surface area contributed by atoms with E-state index in [4.69, 9.17) is 5.73 Å². The van der Waals surface area contributed by atoms with Gasteiger partial charge in [-0.1, -0.05) is 6.92 Å². The lowest BCUT2D eigenvalue weighted by Gasteiger charge is -2.10. The fourth-order valence-electron chi connectivity index (χ4n) is 1.48. The molecule has 1 aliphatic rings. The normalized spacial score (nSPS) is 15.3. The summed E-state index contributed by atoms with van der Waals surface area (Å²) < 4.78 is 0. The van der Waals surface area contributed by atoms with Crippen LogP contribution in [0.25, 0.3) is 0 Å². The van der Waals surface area contributed by atoms with Gasteiger partial charge in [0.2, 0.25) is 0 Å². The van der Waals surface area contributed by atoms with E-state index in [2.05, 4.69) is 15.3 Å². The van der Waals surface area contributed by atoms with Crippen LogP contribution < -0.4 is 11.1 Å². The van der Waals surface area contributed by atoms with Crippen molar-refractivity contribution in [1.82, 2.24) is 9.97 Å². The molecule has 0 radical (unpaired) electrons. The van der Waals surface area contributed by atoms with Gasteiger partial charge >= 0.3 is 0 Å². The maximum absolute atomic E-state index is 5.83. The van der Waals surface area contributed by atoms with Crippen LogP contribution in [0, 0.1) is 12.8 Å². The molecule has 0 atom stereocenters. The number of nitrogen functional groups attached to an aromatic ring is 1. The Balaban J connectivity index is 2.15. The maximum atomic E-state index is 5.83. The molecular weight excluding hydrogens is 188 g/mol. The van der Waals surface area contributed by atoms with E-state index >= 15 is 0 Å². The summed E-state index contributed by atoms with van der Waals surface area (Å²) >= 11 is 0. The van der Waals surface area contributed by atoms with Gasteiger partial charge in [-0.05, 0) is 25.7 Å². The summed E-state index contributed by atoms with van der Waals surface area (Å²) in [5, 5.41) is 3.36. The third kappa shape index (κ3) is 2.37. The minimum atomic E-state index is 0.597.